The van der Waals surface area contributed by atoms with Gasteiger partial charge in [-0.3, -0.25) is 0 Å². The number of anilines is 1. The van der Waals surface area contributed by atoms with Gasteiger partial charge in [-0.05, 0) is 24.3 Å². The molecule has 0 fully saturated rings. The third-order valence-electron chi connectivity index (χ3n) is 3.77. The SMILES string of the molecule is O=S(=O)(CCO)CCNc1nc(C2=CC=CC=CN2)nc2ccccc12. The molecule has 0 bridgehead atoms. The smallest absolute Gasteiger partial charge is 0.178 e. The number of nitrogens with zero attached hydrogens (tertiary/aromatic N) is 2. The van der Waals surface area contributed by atoms with Crippen molar-refractivity contribution in [1.82, 2.24) is 15.3 Å². The average molecular weight is 372 g/mol. The summed E-state index contributed by atoms with van der Waals surface area (Å²) in [4.78, 5) is 9.15. The van der Waals surface area contributed by atoms with E-state index in [9.17, 15) is 8.42 Å². The van der Waals surface area contributed by atoms with E-state index in [2.05, 4.69) is 20.6 Å². The average Bonchev–Trinajstić information content (AvgIpc) is 2.90. The Balaban J connectivity index is 1.89. The van der Waals surface area contributed by atoms with Gasteiger partial charge in [0.25, 0.3) is 0 Å². The Morgan fingerprint density at radius 3 is 2.77 bits per heavy atom. The fraction of sp³-hybridized carbons (Fsp3) is 0.222. The van der Waals surface area contributed by atoms with Gasteiger partial charge in [-0.25, -0.2) is 18.4 Å². The third kappa shape index (κ3) is 4.47. The minimum absolute atomic E-state index is 0.0757. The molecule has 0 saturated carbocycles. The van der Waals surface area contributed by atoms with Crippen LogP contribution in [0, 0.1) is 0 Å². The van der Waals surface area contributed by atoms with Gasteiger partial charge < -0.3 is 15.7 Å². The molecule has 1 aliphatic heterocycles. The number of aliphatic hydroxyl groups excluding tert-OH is 1. The zero-order valence-corrected chi connectivity index (χ0v) is 14.9. The molecule has 0 unspecified atom stereocenters. The first kappa shape index (κ1) is 18.1. The third-order valence-corrected chi connectivity index (χ3v) is 5.40. The fourth-order valence-corrected chi connectivity index (χ4v) is 3.39. The highest BCUT2D eigenvalue weighted by molar-refractivity contribution is 7.91. The second-order valence-electron chi connectivity index (χ2n) is 5.68. The molecule has 1 aliphatic rings. The monoisotopic (exact) mass is 372 g/mol. The highest BCUT2D eigenvalue weighted by Crippen LogP contribution is 2.22. The van der Waals surface area contributed by atoms with E-state index in [1.807, 2.05) is 48.6 Å². The van der Waals surface area contributed by atoms with Crippen molar-refractivity contribution in [1.29, 1.82) is 0 Å². The topological polar surface area (TPSA) is 104 Å². The number of rotatable bonds is 7. The van der Waals surface area contributed by atoms with Gasteiger partial charge in [-0.2, -0.15) is 0 Å². The van der Waals surface area contributed by atoms with Gasteiger partial charge >= 0.3 is 0 Å². The molecule has 0 spiro atoms. The molecule has 2 aromatic rings. The van der Waals surface area contributed by atoms with Crippen molar-refractivity contribution in [3.63, 3.8) is 0 Å². The number of allylic oxidation sites excluding steroid dienone is 4. The van der Waals surface area contributed by atoms with Gasteiger partial charge in [0.1, 0.15) is 5.82 Å². The number of hydrogen-bond acceptors (Lipinski definition) is 7. The van der Waals surface area contributed by atoms with Crippen LogP contribution >= 0.6 is 0 Å². The summed E-state index contributed by atoms with van der Waals surface area (Å²) < 4.78 is 23.5. The lowest BCUT2D eigenvalue weighted by molar-refractivity contribution is 0.319. The number of para-hydroxylation sites is 1. The van der Waals surface area contributed by atoms with E-state index in [-0.39, 0.29) is 24.7 Å². The summed E-state index contributed by atoms with van der Waals surface area (Å²) in [5, 5.41) is 15.9. The second-order valence-corrected chi connectivity index (χ2v) is 7.99. The van der Waals surface area contributed by atoms with Crippen molar-refractivity contribution in [3.05, 3.63) is 60.6 Å². The highest BCUT2D eigenvalue weighted by atomic mass is 32.2. The lowest BCUT2D eigenvalue weighted by atomic mass is 10.2. The Hall–Kier alpha value is -2.71. The molecule has 7 nitrogen and oxygen atoms in total. The Kier molecular flexibility index (Phi) is 5.65. The van der Waals surface area contributed by atoms with E-state index >= 15 is 0 Å². The fourth-order valence-electron chi connectivity index (χ4n) is 2.49. The van der Waals surface area contributed by atoms with Crippen LogP contribution in [-0.4, -0.2) is 48.1 Å². The Bertz CT molecular complexity index is 981. The Labute approximate surface area is 152 Å². The van der Waals surface area contributed by atoms with E-state index in [0.29, 0.717) is 11.6 Å². The zero-order chi connectivity index (χ0) is 18.4. The van der Waals surface area contributed by atoms with Crippen LogP contribution in [0.2, 0.25) is 0 Å². The van der Waals surface area contributed by atoms with Gasteiger partial charge in [0.15, 0.2) is 15.7 Å². The molecule has 3 rings (SSSR count). The maximum atomic E-state index is 11.8. The standard InChI is InChI=1S/C18H20N4O3S/c23-11-13-26(24,25)12-10-20-17-14-6-3-4-7-15(14)21-18(22-17)16-8-2-1-5-9-19-16/h1-9,19,23H,10-13H2,(H,20,21,22). The first-order valence-electron chi connectivity index (χ1n) is 8.21. The molecule has 136 valence electrons. The van der Waals surface area contributed by atoms with Crippen molar-refractivity contribution in [2.24, 2.45) is 0 Å². The van der Waals surface area contributed by atoms with Crippen LogP contribution in [0.3, 0.4) is 0 Å². The molecule has 0 aliphatic carbocycles. The molecule has 0 atom stereocenters. The van der Waals surface area contributed by atoms with Crippen LogP contribution < -0.4 is 10.6 Å². The van der Waals surface area contributed by atoms with Crippen LogP contribution in [-0.2, 0) is 9.84 Å². The number of benzene rings is 1. The largest absolute Gasteiger partial charge is 0.395 e. The van der Waals surface area contributed by atoms with Crippen molar-refractivity contribution >= 4 is 32.3 Å². The Morgan fingerprint density at radius 1 is 1.08 bits per heavy atom. The molecule has 1 aromatic carbocycles. The molecule has 0 saturated heterocycles. The minimum atomic E-state index is -3.29. The van der Waals surface area contributed by atoms with Crippen LogP contribution in [0.15, 0.2) is 54.8 Å². The number of sulfone groups is 1. The lowest BCUT2D eigenvalue weighted by Crippen LogP contribution is -2.21. The molecule has 3 N–H and O–H groups in total. The first-order chi connectivity index (χ1) is 12.6. The predicted octanol–water partition coefficient (Wildman–Crippen LogP) is 1.46. The summed E-state index contributed by atoms with van der Waals surface area (Å²) in [7, 11) is -3.29. The molecular formula is C18H20N4O3S. The summed E-state index contributed by atoms with van der Waals surface area (Å²) in [6, 6.07) is 7.55. The Morgan fingerprint density at radius 2 is 1.92 bits per heavy atom. The van der Waals surface area contributed by atoms with E-state index < -0.39 is 9.84 Å². The summed E-state index contributed by atoms with van der Waals surface area (Å²) in [6.07, 6.45) is 9.32. The zero-order valence-electron chi connectivity index (χ0n) is 14.1. The van der Waals surface area contributed by atoms with Crippen molar-refractivity contribution in [2.75, 3.05) is 30.0 Å². The van der Waals surface area contributed by atoms with Gasteiger partial charge in [-0.1, -0.05) is 24.3 Å². The van der Waals surface area contributed by atoms with Gasteiger partial charge in [0.2, 0.25) is 0 Å². The quantitative estimate of drug-likeness (QED) is 0.676. The van der Waals surface area contributed by atoms with Gasteiger partial charge in [0, 0.05) is 18.1 Å². The maximum absolute atomic E-state index is 11.8. The van der Waals surface area contributed by atoms with Gasteiger partial charge in [-0.15, -0.1) is 0 Å². The van der Waals surface area contributed by atoms with E-state index in [1.54, 1.807) is 6.20 Å². The van der Waals surface area contributed by atoms with Crippen LogP contribution in [0.5, 0.6) is 0 Å². The number of aromatic nitrogens is 2. The number of fused-ring (bicyclic) bond motifs is 1. The summed E-state index contributed by atoms with van der Waals surface area (Å²) in [5.41, 5.74) is 1.51. The van der Waals surface area contributed by atoms with Crippen LogP contribution in [0.25, 0.3) is 16.6 Å². The maximum Gasteiger partial charge on any atom is 0.178 e. The molecule has 1 aromatic heterocycles. The van der Waals surface area contributed by atoms with Crippen molar-refractivity contribution in [3.8, 4) is 0 Å². The normalized spacial score (nSPS) is 14.0. The molecule has 0 radical (unpaired) electrons. The molecule has 0 amide bonds. The lowest BCUT2D eigenvalue weighted by Gasteiger charge is -2.12. The number of hydrogen-bond donors (Lipinski definition) is 3. The minimum Gasteiger partial charge on any atom is -0.395 e. The summed E-state index contributed by atoms with van der Waals surface area (Å²) >= 11 is 0. The number of nitrogens with one attached hydrogen (secondary N) is 2. The predicted molar refractivity (Wildman–Crippen MR) is 103 cm³/mol. The van der Waals surface area contributed by atoms with E-state index in [1.165, 1.54) is 0 Å². The van der Waals surface area contributed by atoms with Crippen LogP contribution in [0.1, 0.15) is 5.82 Å². The van der Waals surface area contributed by atoms with Crippen LogP contribution in [0.4, 0.5) is 5.82 Å². The van der Waals surface area contributed by atoms with Crippen molar-refractivity contribution in [2.45, 2.75) is 0 Å². The summed E-state index contributed by atoms with van der Waals surface area (Å²) in [5.74, 6) is 0.776. The molecule has 26 heavy (non-hydrogen) atoms. The van der Waals surface area contributed by atoms with Crippen molar-refractivity contribution < 1.29 is 13.5 Å². The number of aliphatic hydroxyl groups is 1. The molecule has 2 heterocycles. The van der Waals surface area contributed by atoms with E-state index in [0.717, 1.165) is 16.6 Å². The molecular weight excluding hydrogens is 352 g/mol. The first-order valence-corrected chi connectivity index (χ1v) is 10.0. The molecule has 8 heteroatoms. The summed E-state index contributed by atoms with van der Waals surface area (Å²) in [6.45, 7) is -0.168. The van der Waals surface area contributed by atoms with E-state index in [4.69, 9.17) is 5.11 Å². The van der Waals surface area contributed by atoms with Gasteiger partial charge in [0.05, 0.1) is 29.3 Å². The highest BCUT2D eigenvalue weighted by Gasteiger charge is 2.13. The second kappa shape index (κ2) is 8.11.